The molecule has 2 N–H and O–H groups in total. The fourth-order valence-electron chi connectivity index (χ4n) is 2.20. The van der Waals surface area contributed by atoms with Crippen molar-refractivity contribution in [3.8, 4) is 0 Å². The summed E-state index contributed by atoms with van der Waals surface area (Å²) in [6.07, 6.45) is 2.69. The van der Waals surface area contributed by atoms with Crippen molar-refractivity contribution in [1.29, 1.82) is 0 Å². The molecule has 5 nitrogen and oxygen atoms in total. The number of guanidine groups is 1. The molecule has 0 aromatic rings. The molecule has 0 aromatic heterocycles. The molecule has 98 valence electrons. The first-order chi connectivity index (χ1) is 8.15. The molecule has 0 aromatic carbocycles. The van der Waals surface area contributed by atoms with Gasteiger partial charge in [-0.2, -0.15) is 0 Å². The highest BCUT2D eigenvalue weighted by Gasteiger charge is 2.31. The monoisotopic (exact) mass is 241 g/mol. The van der Waals surface area contributed by atoms with Gasteiger partial charge in [0.2, 0.25) is 0 Å². The molecule has 0 bridgehead atoms. The van der Waals surface area contributed by atoms with Crippen LogP contribution in [0, 0.1) is 0 Å². The minimum absolute atomic E-state index is 0.307. The van der Waals surface area contributed by atoms with Gasteiger partial charge in [0.05, 0.1) is 31.5 Å². The summed E-state index contributed by atoms with van der Waals surface area (Å²) in [6, 6.07) is 0.349. The van der Waals surface area contributed by atoms with Crippen LogP contribution in [-0.2, 0) is 9.47 Å². The van der Waals surface area contributed by atoms with Crippen LogP contribution in [0.1, 0.15) is 26.7 Å². The second kappa shape index (κ2) is 5.69. The van der Waals surface area contributed by atoms with E-state index in [1.165, 1.54) is 0 Å². The van der Waals surface area contributed by atoms with E-state index in [9.17, 15) is 0 Å². The van der Waals surface area contributed by atoms with Crippen LogP contribution < -0.4 is 5.73 Å². The van der Waals surface area contributed by atoms with Crippen molar-refractivity contribution in [1.82, 2.24) is 4.90 Å². The molecule has 0 spiro atoms. The Morgan fingerprint density at radius 3 is 2.59 bits per heavy atom. The zero-order valence-corrected chi connectivity index (χ0v) is 10.8. The number of hydrogen-bond acceptors (Lipinski definition) is 3. The van der Waals surface area contributed by atoms with Crippen LogP contribution in [0.25, 0.3) is 0 Å². The maximum Gasteiger partial charge on any atom is 0.191 e. The number of ether oxygens (including phenoxy) is 2. The molecule has 17 heavy (non-hydrogen) atoms. The van der Waals surface area contributed by atoms with Gasteiger partial charge < -0.3 is 20.1 Å². The molecule has 2 aliphatic rings. The van der Waals surface area contributed by atoms with E-state index in [1.54, 1.807) is 0 Å². The van der Waals surface area contributed by atoms with Gasteiger partial charge in [-0.05, 0) is 26.7 Å². The van der Waals surface area contributed by atoms with Gasteiger partial charge in [-0.25, -0.2) is 4.99 Å². The Labute approximate surface area is 103 Å². The molecule has 1 aliphatic heterocycles. The van der Waals surface area contributed by atoms with Crippen molar-refractivity contribution in [2.75, 3.05) is 26.3 Å². The third-order valence-corrected chi connectivity index (χ3v) is 3.18. The molecule has 1 aliphatic carbocycles. The van der Waals surface area contributed by atoms with Gasteiger partial charge in [-0.3, -0.25) is 0 Å². The summed E-state index contributed by atoms with van der Waals surface area (Å²) in [5.74, 6) is 0.668. The van der Waals surface area contributed by atoms with E-state index in [-0.39, 0.29) is 0 Å². The van der Waals surface area contributed by atoms with E-state index >= 15 is 0 Å². The molecular weight excluding hydrogens is 218 g/mol. The molecule has 0 amide bonds. The van der Waals surface area contributed by atoms with Crippen LogP contribution in [0.2, 0.25) is 0 Å². The molecule has 2 fully saturated rings. The average Bonchev–Trinajstić information content (AvgIpc) is 2.26. The Bertz CT molecular complexity index is 269. The first-order valence-electron chi connectivity index (χ1n) is 6.46. The summed E-state index contributed by atoms with van der Waals surface area (Å²) < 4.78 is 11.0. The maximum atomic E-state index is 5.99. The molecular formula is C12H23N3O2. The fourth-order valence-corrected chi connectivity index (χ4v) is 2.20. The second-order valence-corrected chi connectivity index (χ2v) is 5.02. The lowest BCUT2D eigenvalue weighted by Crippen LogP contribution is -2.46. The molecule has 5 heteroatoms. The van der Waals surface area contributed by atoms with Crippen molar-refractivity contribution in [3.05, 3.63) is 0 Å². The minimum atomic E-state index is 0.307. The first kappa shape index (κ1) is 12.6. The van der Waals surface area contributed by atoms with E-state index < -0.39 is 0 Å². The Hall–Kier alpha value is -0.810. The maximum absolute atomic E-state index is 5.99. The van der Waals surface area contributed by atoms with Gasteiger partial charge >= 0.3 is 0 Å². The normalized spacial score (nSPS) is 30.5. The summed E-state index contributed by atoms with van der Waals surface area (Å²) in [5.41, 5.74) is 5.99. The number of aliphatic imine (C=N–C) groups is 1. The third kappa shape index (κ3) is 3.57. The van der Waals surface area contributed by atoms with Crippen molar-refractivity contribution in [2.45, 2.75) is 44.9 Å². The van der Waals surface area contributed by atoms with Gasteiger partial charge in [0, 0.05) is 13.1 Å². The van der Waals surface area contributed by atoms with Gasteiger partial charge in [-0.1, -0.05) is 0 Å². The second-order valence-electron chi connectivity index (χ2n) is 5.02. The number of rotatable bonds is 3. The number of morpholine rings is 1. The molecule has 0 radical (unpaired) electrons. The molecule has 0 unspecified atom stereocenters. The zero-order chi connectivity index (χ0) is 12.3. The van der Waals surface area contributed by atoms with Crippen LogP contribution in [0.3, 0.4) is 0 Å². The van der Waals surface area contributed by atoms with Gasteiger partial charge in [0.1, 0.15) is 0 Å². The fraction of sp³-hybridized carbons (Fsp3) is 0.917. The quantitative estimate of drug-likeness (QED) is 0.580. The van der Waals surface area contributed by atoms with Crippen molar-refractivity contribution < 1.29 is 9.47 Å². The van der Waals surface area contributed by atoms with Gasteiger partial charge in [0.15, 0.2) is 5.96 Å². The standard InChI is InChI=1S/C12H23N3O2/c1-9(2)17-11-7-10(8-11)14-12(13)15-3-5-16-6-4-15/h9-11H,3-8H2,1-2H3,(H2,13,14). The predicted molar refractivity (Wildman–Crippen MR) is 67.0 cm³/mol. The van der Waals surface area contributed by atoms with Crippen molar-refractivity contribution >= 4 is 5.96 Å². The SMILES string of the molecule is CC(C)OC1CC(N=C(N)N2CCOCC2)C1. The average molecular weight is 241 g/mol. The van der Waals surface area contributed by atoms with E-state index in [0.717, 1.165) is 39.1 Å². The van der Waals surface area contributed by atoms with Crippen LogP contribution >= 0.6 is 0 Å². The largest absolute Gasteiger partial charge is 0.378 e. The lowest BCUT2D eigenvalue weighted by atomic mass is 9.89. The molecule has 1 saturated carbocycles. The van der Waals surface area contributed by atoms with E-state index in [2.05, 4.69) is 23.7 Å². The predicted octanol–water partition coefficient (Wildman–Crippen LogP) is 0.589. The zero-order valence-electron chi connectivity index (χ0n) is 10.8. The first-order valence-corrected chi connectivity index (χ1v) is 6.46. The summed E-state index contributed by atoms with van der Waals surface area (Å²) >= 11 is 0. The Kier molecular flexibility index (Phi) is 4.23. The summed E-state index contributed by atoms with van der Waals surface area (Å²) in [5, 5.41) is 0. The highest BCUT2D eigenvalue weighted by Crippen LogP contribution is 2.27. The summed E-state index contributed by atoms with van der Waals surface area (Å²) in [6.45, 7) is 7.35. The number of hydrogen-bond donors (Lipinski definition) is 1. The van der Waals surface area contributed by atoms with Crippen LogP contribution in [-0.4, -0.2) is 55.4 Å². The number of nitrogens with two attached hydrogens (primary N) is 1. The highest BCUT2D eigenvalue weighted by molar-refractivity contribution is 5.78. The van der Waals surface area contributed by atoms with Crippen molar-refractivity contribution in [3.63, 3.8) is 0 Å². The van der Waals surface area contributed by atoms with E-state index in [4.69, 9.17) is 15.2 Å². The number of nitrogens with zero attached hydrogens (tertiary/aromatic N) is 2. The van der Waals surface area contributed by atoms with E-state index in [1.807, 2.05) is 0 Å². The molecule has 1 heterocycles. The van der Waals surface area contributed by atoms with Crippen LogP contribution in [0.5, 0.6) is 0 Å². The smallest absolute Gasteiger partial charge is 0.191 e. The molecule has 0 atom stereocenters. The third-order valence-electron chi connectivity index (χ3n) is 3.18. The Balaban J connectivity index is 1.73. The van der Waals surface area contributed by atoms with Crippen LogP contribution in [0.15, 0.2) is 4.99 Å². The lowest BCUT2D eigenvalue weighted by molar-refractivity contribution is -0.0431. The highest BCUT2D eigenvalue weighted by atomic mass is 16.5. The Morgan fingerprint density at radius 1 is 1.35 bits per heavy atom. The van der Waals surface area contributed by atoms with Gasteiger partial charge in [0.25, 0.3) is 0 Å². The minimum Gasteiger partial charge on any atom is -0.378 e. The van der Waals surface area contributed by atoms with Crippen molar-refractivity contribution in [2.24, 2.45) is 10.7 Å². The lowest BCUT2D eigenvalue weighted by Gasteiger charge is -2.35. The van der Waals surface area contributed by atoms with E-state index in [0.29, 0.717) is 24.2 Å². The topological polar surface area (TPSA) is 60.1 Å². The van der Waals surface area contributed by atoms with Crippen LogP contribution in [0.4, 0.5) is 0 Å². The Morgan fingerprint density at radius 2 is 2.00 bits per heavy atom. The molecule has 1 saturated heterocycles. The summed E-state index contributed by atoms with van der Waals surface area (Å²) in [4.78, 5) is 6.65. The summed E-state index contributed by atoms with van der Waals surface area (Å²) in [7, 11) is 0. The van der Waals surface area contributed by atoms with Gasteiger partial charge in [-0.15, -0.1) is 0 Å². The molecule has 2 rings (SSSR count).